The normalized spacial score (nSPS) is 11.2. The van der Waals surface area contributed by atoms with Crippen LogP contribution in [-0.4, -0.2) is 19.1 Å². The van der Waals surface area contributed by atoms with Crippen molar-refractivity contribution in [3.05, 3.63) is 88.4 Å². The van der Waals surface area contributed by atoms with Gasteiger partial charge in [-0.1, -0.05) is 26.0 Å². The molecule has 6 N–H and O–H groups in total. The minimum Gasteiger partial charge on any atom is -0.385 e. The number of hydrogen-bond acceptors (Lipinski definition) is 6. The number of nitrogens with one attached hydrogen (secondary N) is 2. The van der Waals surface area contributed by atoms with Crippen LogP contribution in [-0.2, 0) is 13.1 Å². The van der Waals surface area contributed by atoms with Gasteiger partial charge in [-0.3, -0.25) is 28.7 Å². The molecule has 0 amide bonds. The Morgan fingerprint density at radius 1 is 0.812 bits per heavy atom. The van der Waals surface area contributed by atoms with Crippen molar-refractivity contribution in [3.63, 3.8) is 0 Å². The van der Waals surface area contributed by atoms with E-state index in [4.69, 9.17) is 11.5 Å². The number of rotatable bonds is 7. The van der Waals surface area contributed by atoms with Gasteiger partial charge in [0.2, 0.25) is 0 Å². The first-order valence-corrected chi connectivity index (χ1v) is 10.2. The lowest BCUT2D eigenvalue weighted by Gasteiger charge is -2.21. The van der Waals surface area contributed by atoms with E-state index in [1.807, 2.05) is 0 Å². The summed E-state index contributed by atoms with van der Waals surface area (Å²) in [6.07, 6.45) is 0.995. The molecule has 2 heterocycles. The fourth-order valence-corrected chi connectivity index (χ4v) is 3.75. The SMILES string of the molecule is CCCn1c(=O)[nH]c(N)c(C(c2ccc(F)cc2)c2c(N)[nH]c(=O)n(CCC)c2=O)c1=O. The topological polar surface area (TPSA) is 162 Å². The molecule has 1 aromatic carbocycles. The average Bonchev–Trinajstić information content (AvgIpc) is 2.73. The van der Waals surface area contributed by atoms with Crippen LogP contribution in [0.15, 0.2) is 43.4 Å². The molecule has 0 unspecified atom stereocenters. The standard InChI is InChI=1S/C21H25FN6O4/c1-3-9-27-18(29)14(16(23)25-20(27)31)13(11-5-7-12(22)8-6-11)15-17(24)26-21(32)28(10-4-2)19(15)30/h5-8,13H,3-4,9-10,23-24H2,1-2H3,(H,25,31)(H,26,32). The Morgan fingerprint density at radius 2 is 1.22 bits per heavy atom. The van der Waals surface area contributed by atoms with Crippen molar-refractivity contribution in [1.29, 1.82) is 0 Å². The first-order chi connectivity index (χ1) is 15.2. The molecule has 0 aliphatic rings. The number of hydrogen-bond donors (Lipinski definition) is 4. The molecule has 0 aliphatic heterocycles. The molecule has 0 fully saturated rings. The highest BCUT2D eigenvalue weighted by Gasteiger charge is 2.30. The van der Waals surface area contributed by atoms with Gasteiger partial charge in [0.25, 0.3) is 11.1 Å². The number of halogens is 1. The fraction of sp³-hybridized carbons (Fsp3) is 0.333. The molecule has 0 spiro atoms. The minimum atomic E-state index is -1.16. The van der Waals surface area contributed by atoms with E-state index in [1.54, 1.807) is 13.8 Å². The molecule has 3 rings (SSSR count). The predicted molar refractivity (Wildman–Crippen MR) is 119 cm³/mol. The van der Waals surface area contributed by atoms with Gasteiger partial charge in [0.1, 0.15) is 17.5 Å². The van der Waals surface area contributed by atoms with Gasteiger partial charge in [-0.25, -0.2) is 14.0 Å². The Labute approximate surface area is 181 Å². The van der Waals surface area contributed by atoms with E-state index in [-0.39, 0.29) is 35.9 Å². The van der Waals surface area contributed by atoms with Gasteiger partial charge < -0.3 is 11.5 Å². The maximum Gasteiger partial charge on any atom is 0.329 e. The van der Waals surface area contributed by atoms with Crippen LogP contribution < -0.4 is 34.0 Å². The summed E-state index contributed by atoms with van der Waals surface area (Å²) in [5.41, 5.74) is 9.49. The van der Waals surface area contributed by atoms with Crippen molar-refractivity contribution < 1.29 is 4.39 Å². The Bertz CT molecular complexity index is 1280. The van der Waals surface area contributed by atoms with Gasteiger partial charge in [-0.2, -0.15) is 0 Å². The van der Waals surface area contributed by atoms with Gasteiger partial charge in [-0.15, -0.1) is 0 Å². The Balaban J connectivity index is 2.46. The van der Waals surface area contributed by atoms with Crippen LogP contribution in [0.5, 0.6) is 0 Å². The number of H-pyrrole nitrogens is 2. The quantitative estimate of drug-likeness (QED) is 0.419. The van der Waals surface area contributed by atoms with Crippen LogP contribution in [0.1, 0.15) is 49.3 Å². The van der Waals surface area contributed by atoms with Crippen LogP contribution >= 0.6 is 0 Å². The molecule has 0 saturated heterocycles. The number of aromatic amines is 2. The molecule has 10 nitrogen and oxygen atoms in total. The van der Waals surface area contributed by atoms with E-state index in [2.05, 4.69) is 9.97 Å². The molecule has 0 aliphatic carbocycles. The molecule has 0 saturated carbocycles. The lowest BCUT2D eigenvalue weighted by Crippen LogP contribution is -2.42. The summed E-state index contributed by atoms with van der Waals surface area (Å²) in [6, 6.07) is 5.12. The molecule has 0 atom stereocenters. The van der Waals surface area contributed by atoms with Gasteiger partial charge in [0.15, 0.2) is 0 Å². The number of anilines is 2. The van der Waals surface area contributed by atoms with Crippen molar-refractivity contribution in [2.45, 2.75) is 45.7 Å². The average molecular weight is 444 g/mol. The zero-order valence-corrected chi connectivity index (χ0v) is 17.8. The Morgan fingerprint density at radius 3 is 1.59 bits per heavy atom. The summed E-state index contributed by atoms with van der Waals surface area (Å²) >= 11 is 0. The van der Waals surface area contributed by atoms with E-state index in [0.717, 1.165) is 9.13 Å². The van der Waals surface area contributed by atoms with Gasteiger partial charge in [-0.05, 0) is 30.5 Å². The third-order valence-electron chi connectivity index (χ3n) is 5.18. The second-order valence-corrected chi connectivity index (χ2v) is 7.41. The predicted octanol–water partition coefficient (Wildman–Crippen LogP) is 0.690. The molecular weight excluding hydrogens is 419 g/mol. The van der Waals surface area contributed by atoms with E-state index in [1.165, 1.54) is 24.3 Å². The highest BCUT2D eigenvalue weighted by molar-refractivity contribution is 5.56. The van der Waals surface area contributed by atoms with Crippen LogP contribution in [0.3, 0.4) is 0 Å². The highest BCUT2D eigenvalue weighted by Crippen LogP contribution is 2.32. The lowest BCUT2D eigenvalue weighted by molar-refractivity contribution is 0.596. The first-order valence-electron chi connectivity index (χ1n) is 10.2. The molecule has 11 heteroatoms. The molecule has 2 aromatic heterocycles. The largest absolute Gasteiger partial charge is 0.385 e. The molecular formula is C21H25FN6O4. The van der Waals surface area contributed by atoms with E-state index < -0.39 is 34.2 Å². The summed E-state index contributed by atoms with van der Waals surface area (Å²) < 4.78 is 15.6. The summed E-state index contributed by atoms with van der Waals surface area (Å²) in [5.74, 6) is -2.17. The Hall–Kier alpha value is -3.89. The zero-order valence-electron chi connectivity index (χ0n) is 17.8. The highest BCUT2D eigenvalue weighted by atomic mass is 19.1. The lowest BCUT2D eigenvalue weighted by atomic mass is 9.86. The van der Waals surface area contributed by atoms with Crippen molar-refractivity contribution in [2.24, 2.45) is 0 Å². The summed E-state index contributed by atoms with van der Waals surface area (Å²) in [7, 11) is 0. The van der Waals surface area contributed by atoms with E-state index in [0.29, 0.717) is 18.4 Å². The van der Waals surface area contributed by atoms with Gasteiger partial charge >= 0.3 is 11.4 Å². The molecule has 0 radical (unpaired) electrons. The molecule has 32 heavy (non-hydrogen) atoms. The summed E-state index contributed by atoms with van der Waals surface area (Å²) in [5, 5.41) is 0. The zero-order chi connectivity index (χ0) is 23.6. The maximum atomic E-state index is 13.6. The number of nitrogen functional groups attached to an aromatic ring is 2. The smallest absolute Gasteiger partial charge is 0.329 e. The first kappa shape index (κ1) is 22.8. The van der Waals surface area contributed by atoms with Crippen LogP contribution in [0.25, 0.3) is 0 Å². The van der Waals surface area contributed by atoms with Crippen LogP contribution in [0.4, 0.5) is 16.0 Å². The van der Waals surface area contributed by atoms with Crippen molar-refractivity contribution in [2.75, 3.05) is 11.5 Å². The number of nitrogens with zero attached hydrogens (tertiary/aromatic N) is 2. The molecule has 170 valence electrons. The number of benzene rings is 1. The van der Waals surface area contributed by atoms with Crippen molar-refractivity contribution >= 4 is 11.6 Å². The van der Waals surface area contributed by atoms with E-state index >= 15 is 0 Å². The molecule has 3 aromatic rings. The van der Waals surface area contributed by atoms with Gasteiger partial charge in [0, 0.05) is 13.1 Å². The third-order valence-corrected chi connectivity index (χ3v) is 5.18. The Kier molecular flexibility index (Phi) is 6.47. The van der Waals surface area contributed by atoms with Gasteiger partial charge in [0.05, 0.1) is 17.0 Å². The molecule has 0 bridgehead atoms. The number of nitrogens with two attached hydrogens (primary N) is 2. The number of aromatic nitrogens is 4. The van der Waals surface area contributed by atoms with Crippen molar-refractivity contribution in [1.82, 2.24) is 19.1 Å². The van der Waals surface area contributed by atoms with Crippen molar-refractivity contribution in [3.8, 4) is 0 Å². The summed E-state index contributed by atoms with van der Waals surface area (Å²) in [4.78, 5) is 56.1. The minimum absolute atomic E-state index is 0.0939. The summed E-state index contributed by atoms with van der Waals surface area (Å²) in [6.45, 7) is 3.84. The maximum absolute atomic E-state index is 13.6. The van der Waals surface area contributed by atoms with Crippen LogP contribution in [0.2, 0.25) is 0 Å². The fourth-order valence-electron chi connectivity index (χ4n) is 3.75. The third kappa shape index (κ3) is 4.01. The monoisotopic (exact) mass is 444 g/mol. The second kappa shape index (κ2) is 9.08. The van der Waals surface area contributed by atoms with E-state index in [9.17, 15) is 23.6 Å². The second-order valence-electron chi connectivity index (χ2n) is 7.41. The van der Waals surface area contributed by atoms with Crippen LogP contribution in [0, 0.1) is 5.82 Å².